The van der Waals surface area contributed by atoms with E-state index in [1.807, 2.05) is 25.1 Å². The Bertz CT molecular complexity index is 855. The highest BCUT2D eigenvalue weighted by atomic mass is 35.5. The van der Waals surface area contributed by atoms with E-state index in [4.69, 9.17) is 28.0 Å². The molecule has 3 aromatic rings. The number of rotatable bonds is 5. The number of benzene rings is 1. The van der Waals surface area contributed by atoms with Gasteiger partial charge in [-0.2, -0.15) is 5.10 Å². The fourth-order valence-electron chi connectivity index (χ4n) is 2.06. The second-order valence-corrected chi connectivity index (χ2v) is 7.31. The Morgan fingerprint density at radius 1 is 1.39 bits per heavy atom. The van der Waals surface area contributed by atoms with Gasteiger partial charge in [-0.3, -0.25) is 0 Å². The topological polar surface area (TPSA) is 51.8 Å². The van der Waals surface area contributed by atoms with Gasteiger partial charge in [0.2, 0.25) is 4.96 Å². The van der Waals surface area contributed by atoms with Gasteiger partial charge in [-0.15, -0.1) is 11.8 Å². The van der Waals surface area contributed by atoms with E-state index in [0.29, 0.717) is 15.8 Å². The van der Waals surface area contributed by atoms with Gasteiger partial charge < -0.3 is 4.84 Å². The van der Waals surface area contributed by atoms with E-state index >= 15 is 0 Å². The number of aromatic nitrogens is 3. The van der Waals surface area contributed by atoms with Crippen LogP contribution in [0.4, 0.5) is 0 Å². The first-order chi connectivity index (χ1) is 11.1. The molecule has 5 nitrogen and oxygen atoms in total. The summed E-state index contributed by atoms with van der Waals surface area (Å²) in [4.78, 5) is 11.9. The molecular formula is C14H12Cl2N4OS2. The smallest absolute Gasteiger partial charge is 0.212 e. The molecule has 23 heavy (non-hydrogen) atoms. The van der Waals surface area contributed by atoms with Gasteiger partial charge in [-0.1, -0.05) is 45.8 Å². The van der Waals surface area contributed by atoms with Crippen LogP contribution in [0.2, 0.25) is 10.0 Å². The Balaban J connectivity index is 1.89. The van der Waals surface area contributed by atoms with Crippen molar-refractivity contribution in [2.45, 2.75) is 11.8 Å². The Morgan fingerprint density at radius 2 is 2.13 bits per heavy atom. The lowest BCUT2D eigenvalue weighted by atomic mass is 10.3. The quantitative estimate of drug-likeness (QED) is 0.366. The first-order valence-corrected chi connectivity index (χ1v) is 9.14. The van der Waals surface area contributed by atoms with Crippen LogP contribution in [0, 0.1) is 6.92 Å². The maximum Gasteiger partial charge on any atom is 0.212 e. The van der Waals surface area contributed by atoms with Crippen molar-refractivity contribution in [3.63, 3.8) is 0 Å². The van der Waals surface area contributed by atoms with E-state index in [1.165, 1.54) is 36.5 Å². The van der Waals surface area contributed by atoms with Crippen LogP contribution < -0.4 is 0 Å². The van der Waals surface area contributed by atoms with Crippen molar-refractivity contribution >= 4 is 57.0 Å². The molecule has 0 saturated carbocycles. The predicted octanol–water partition coefficient (Wildman–Crippen LogP) is 4.55. The van der Waals surface area contributed by atoms with Crippen LogP contribution in [0.3, 0.4) is 0 Å². The normalized spacial score (nSPS) is 12.1. The molecule has 3 rings (SSSR count). The molecule has 9 heteroatoms. The highest BCUT2D eigenvalue weighted by Gasteiger charge is 2.17. The standard InChI is InChI=1S/C14H12Cl2N4OS2/c1-8-12(23-14-17-7-18-20(8)14)11(19-21-2)6-22-13-9(15)4-3-5-10(13)16/h3-5,7H,6H2,1-2H3/b19-11-. The summed E-state index contributed by atoms with van der Waals surface area (Å²) in [6, 6.07) is 5.46. The summed E-state index contributed by atoms with van der Waals surface area (Å²) in [7, 11) is 1.53. The minimum absolute atomic E-state index is 0.571. The molecule has 120 valence electrons. The van der Waals surface area contributed by atoms with Crippen molar-refractivity contribution in [2.24, 2.45) is 5.16 Å². The first-order valence-electron chi connectivity index (χ1n) is 6.58. The zero-order chi connectivity index (χ0) is 16.4. The van der Waals surface area contributed by atoms with E-state index < -0.39 is 0 Å². The lowest BCUT2D eigenvalue weighted by Gasteiger charge is -2.08. The van der Waals surface area contributed by atoms with Gasteiger partial charge in [0.15, 0.2) is 0 Å². The van der Waals surface area contributed by atoms with E-state index in [1.54, 1.807) is 4.52 Å². The fraction of sp³-hybridized carbons (Fsp3) is 0.214. The maximum atomic E-state index is 6.22. The molecule has 0 saturated heterocycles. The summed E-state index contributed by atoms with van der Waals surface area (Å²) in [5.74, 6) is 0.571. The fourth-order valence-corrected chi connectivity index (χ4v) is 4.78. The maximum absolute atomic E-state index is 6.22. The molecule has 0 spiro atoms. The van der Waals surface area contributed by atoms with Crippen LogP contribution in [0.5, 0.6) is 0 Å². The second-order valence-electron chi connectivity index (χ2n) is 4.53. The van der Waals surface area contributed by atoms with Gasteiger partial charge >= 0.3 is 0 Å². The third-order valence-electron chi connectivity index (χ3n) is 3.09. The third kappa shape index (κ3) is 3.33. The third-order valence-corrected chi connectivity index (χ3v) is 6.29. The van der Waals surface area contributed by atoms with Crippen molar-refractivity contribution in [2.75, 3.05) is 12.9 Å². The summed E-state index contributed by atoms with van der Waals surface area (Å²) >= 11 is 15.5. The van der Waals surface area contributed by atoms with E-state index in [0.717, 1.165) is 26.1 Å². The number of fused-ring (bicyclic) bond motifs is 1. The Labute approximate surface area is 151 Å². The molecule has 0 atom stereocenters. The average Bonchev–Trinajstić information content (AvgIpc) is 3.09. The molecule has 1 aromatic carbocycles. The molecule has 0 N–H and O–H groups in total. The summed E-state index contributed by atoms with van der Waals surface area (Å²) in [5.41, 5.74) is 1.77. The van der Waals surface area contributed by atoms with Crippen molar-refractivity contribution in [1.29, 1.82) is 0 Å². The average molecular weight is 387 g/mol. The van der Waals surface area contributed by atoms with Crippen LogP contribution in [-0.2, 0) is 4.84 Å². The highest BCUT2D eigenvalue weighted by molar-refractivity contribution is 8.00. The zero-order valence-electron chi connectivity index (χ0n) is 12.3. The molecule has 0 aliphatic carbocycles. The minimum Gasteiger partial charge on any atom is -0.399 e. The lowest BCUT2D eigenvalue weighted by Crippen LogP contribution is -2.06. The molecule has 0 radical (unpaired) electrons. The van der Waals surface area contributed by atoms with Crippen LogP contribution in [0.25, 0.3) is 4.96 Å². The van der Waals surface area contributed by atoms with E-state index in [2.05, 4.69) is 15.2 Å². The van der Waals surface area contributed by atoms with Crippen molar-refractivity contribution in [3.8, 4) is 0 Å². The summed E-state index contributed by atoms with van der Waals surface area (Å²) in [6.07, 6.45) is 1.54. The number of thioether (sulfide) groups is 1. The predicted molar refractivity (Wildman–Crippen MR) is 96.3 cm³/mol. The molecule has 0 fully saturated rings. The van der Waals surface area contributed by atoms with Gasteiger partial charge in [-0.25, -0.2) is 9.50 Å². The Morgan fingerprint density at radius 3 is 2.78 bits per heavy atom. The minimum atomic E-state index is 0.571. The number of nitrogens with zero attached hydrogens (tertiary/aromatic N) is 4. The van der Waals surface area contributed by atoms with Crippen LogP contribution in [0.15, 0.2) is 34.6 Å². The van der Waals surface area contributed by atoms with Gasteiger partial charge in [0.1, 0.15) is 19.1 Å². The Kier molecular flexibility index (Phi) is 5.11. The number of aryl methyl sites for hydroxylation is 1. The van der Waals surface area contributed by atoms with Crippen LogP contribution in [0.1, 0.15) is 10.6 Å². The first kappa shape index (κ1) is 16.6. The molecule has 0 aliphatic rings. The van der Waals surface area contributed by atoms with Crippen molar-refractivity contribution < 1.29 is 4.84 Å². The van der Waals surface area contributed by atoms with E-state index in [-0.39, 0.29) is 0 Å². The SMILES string of the molecule is CO/N=C(/CSc1c(Cl)cccc1Cl)c1sc2ncnn2c1C. The number of hydrogen-bond donors (Lipinski definition) is 0. The molecule has 0 bridgehead atoms. The van der Waals surface area contributed by atoms with Gasteiger partial charge in [0.25, 0.3) is 0 Å². The number of oxime groups is 1. The second kappa shape index (κ2) is 7.09. The number of thiazole rings is 1. The molecule has 2 aromatic heterocycles. The number of halogens is 2. The van der Waals surface area contributed by atoms with Crippen LogP contribution in [-0.4, -0.2) is 33.2 Å². The van der Waals surface area contributed by atoms with Crippen LogP contribution >= 0.6 is 46.3 Å². The van der Waals surface area contributed by atoms with E-state index in [9.17, 15) is 0 Å². The monoisotopic (exact) mass is 386 g/mol. The van der Waals surface area contributed by atoms with Gasteiger partial charge in [-0.05, 0) is 19.1 Å². The van der Waals surface area contributed by atoms with Crippen molar-refractivity contribution in [3.05, 3.63) is 45.1 Å². The van der Waals surface area contributed by atoms with Crippen molar-refractivity contribution in [1.82, 2.24) is 14.6 Å². The lowest BCUT2D eigenvalue weighted by molar-refractivity contribution is 0.213. The Hall–Kier alpha value is -1.28. The summed E-state index contributed by atoms with van der Waals surface area (Å²) in [5, 5.41) is 9.60. The zero-order valence-corrected chi connectivity index (χ0v) is 15.4. The summed E-state index contributed by atoms with van der Waals surface area (Å²) in [6.45, 7) is 1.98. The molecule has 0 amide bonds. The molecular weight excluding hydrogens is 375 g/mol. The largest absolute Gasteiger partial charge is 0.399 e. The molecule has 0 aliphatic heterocycles. The molecule has 2 heterocycles. The summed E-state index contributed by atoms with van der Waals surface area (Å²) < 4.78 is 1.79. The highest BCUT2D eigenvalue weighted by Crippen LogP contribution is 2.35. The molecule has 0 unspecified atom stereocenters. The van der Waals surface area contributed by atoms with Gasteiger partial charge in [0.05, 0.1) is 20.6 Å². The number of hydrogen-bond acceptors (Lipinski definition) is 6. The van der Waals surface area contributed by atoms with Gasteiger partial charge in [0, 0.05) is 10.6 Å².